The highest BCUT2D eigenvalue weighted by Crippen LogP contribution is 2.43. The zero-order valence-electron chi connectivity index (χ0n) is 37.9. The van der Waals surface area contributed by atoms with Crippen LogP contribution in [0.4, 0.5) is 0 Å². The van der Waals surface area contributed by atoms with Crippen molar-refractivity contribution in [2.24, 2.45) is 0 Å². The van der Waals surface area contributed by atoms with Gasteiger partial charge in [0.15, 0.2) is 6.10 Å². The second-order valence-corrected chi connectivity index (χ2v) is 16.8. The van der Waals surface area contributed by atoms with Gasteiger partial charge in [0.1, 0.15) is 19.8 Å². The Kier molecular flexibility index (Phi) is 38.4. The molecule has 0 rings (SSSR count). The Morgan fingerprint density at radius 2 is 0.917 bits per heavy atom. The molecule has 0 radical (unpaired) electrons. The van der Waals surface area contributed by atoms with E-state index in [1.165, 1.54) is 0 Å². The Bertz CT molecular complexity index is 1430. The number of phosphoric ester groups is 1. The van der Waals surface area contributed by atoms with E-state index < -0.39 is 32.5 Å². The van der Waals surface area contributed by atoms with E-state index >= 15 is 0 Å². The number of hydrogen-bond donors (Lipinski definition) is 1. The number of quaternary nitrogens is 1. The number of unbranched alkanes of at least 4 members (excludes halogenated alkanes) is 4. The lowest BCUT2D eigenvalue weighted by atomic mass is 10.1. The van der Waals surface area contributed by atoms with Crippen molar-refractivity contribution < 1.29 is 42.1 Å². The summed E-state index contributed by atoms with van der Waals surface area (Å²) < 4.78 is 34.2. The average Bonchev–Trinajstić information content (AvgIpc) is 3.20. The summed E-state index contributed by atoms with van der Waals surface area (Å²) in [5.41, 5.74) is 0. The lowest BCUT2D eigenvalue weighted by Crippen LogP contribution is -2.37. The van der Waals surface area contributed by atoms with E-state index in [4.69, 9.17) is 18.5 Å². The predicted octanol–water partition coefficient (Wildman–Crippen LogP) is 12.9. The summed E-state index contributed by atoms with van der Waals surface area (Å²) in [5.74, 6) is -0.920. The number of esters is 2. The van der Waals surface area contributed by atoms with Crippen molar-refractivity contribution in [3.63, 3.8) is 0 Å². The molecule has 0 spiro atoms. The lowest BCUT2D eigenvalue weighted by Gasteiger charge is -2.24. The van der Waals surface area contributed by atoms with E-state index in [9.17, 15) is 19.0 Å². The molecule has 0 fully saturated rings. The number of likely N-dealkylation sites (N-methyl/N-ethyl adjacent to an activating group) is 1. The summed E-state index contributed by atoms with van der Waals surface area (Å²) >= 11 is 0. The molecular weight excluding hydrogens is 774 g/mol. The third-order valence-electron chi connectivity index (χ3n) is 8.49. The molecule has 0 aromatic rings. The number of hydrogen-bond acceptors (Lipinski definition) is 7. The number of carbonyl (C=O) groups excluding carboxylic acids is 2. The van der Waals surface area contributed by atoms with Gasteiger partial charge < -0.3 is 18.9 Å². The van der Waals surface area contributed by atoms with Gasteiger partial charge in [-0.3, -0.25) is 18.6 Å². The summed E-state index contributed by atoms with van der Waals surface area (Å²) in [5, 5.41) is 0. The van der Waals surface area contributed by atoms with E-state index in [1.807, 2.05) is 27.2 Å². The highest BCUT2D eigenvalue weighted by atomic mass is 31.2. The van der Waals surface area contributed by atoms with Crippen molar-refractivity contribution in [1.82, 2.24) is 0 Å². The van der Waals surface area contributed by atoms with Crippen LogP contribution in [0.5, 0.6) is 0 Å². The molecule has 0 aliphatic heterocycles. The molecule has 10 heteroatoms. The fourth-order valence-corrected chi connectivity index (χ4v) is 5.81. The fraction of sp³-hybridized carbons (Fsp3) is 0.560. The maximum absolute atomic E-state index is 12.7. The number of rotatable bonds is 38. The van der Waals surface area contributed by atoms with Crippen LogP contribution in [-0.2, 0) is 32.7 Å². The Labute approximate surface area is 365 Å². The van der Waals surface area contributed by atoms with E-state index in [0.717, 1.165) is 89.9 Å². The predicted molar refractivity (Wildman–Crippen MR) is 251 cm³/mol. The summed E-state index contributed by atoms with van der Waals surface area (Å²) in [7, 11) is 1.40. The molecular formula is C50H81NO8P+. The van der Waals surface area contributed by atoms with Crippen LogP contribution in [0.3, 0.4) is 0 Å². The van der Waals surface area contributed by atoms with Gasteiger partial charge in [-0.25, -0.2) is 4.57 Å². The normalized spacial score (nSPS) is 14.7. The van der Waals surface area contributed by atoms with Gasteiger partial charge in [0, 0.05) is 12.8 Å². The monoisotopic (exact) mass is 855 g/mol. The van der Waals surface area contributed by atoms with Gasteiger partial charge in [0.25, 0.3) is 0 Å². The minimum Gasteiger partial charge on any atom is -0.462 e. The number of phosphoric acid groups is 1. The topological polar surface area (TPSA) is 108 Å². The molecule has 0 heterocycles. The van der Waals surface area contributed by atoms with Gasteiger partial charge in [-0.1, -0.05) is 142 Å². The summed E-state index contributed by atoms with van der Waals surface area (Å²) in [4.78, 5) is 35.4. The first-order valence-electron chi connectivity index (χ1n) is 22.3. The molecule has 60 heavy (non-hydrogen) atoms. The van der Waals surface area contributed by atoms with Crippen molar-refractivity contribution in [1.29, 1.82) is 0 Å². The Morgan fingerprint density at radius 1 is 0.517 bits per heavy atom. The van der Waals surface area contributed by atoms with Crippen molar-refractivity contribution in [3.8, 4) is 0 Å². The maximum Gasteiger partial charge on any atom is 0.472 e. The third kappa shape index (κ3) is 44.0. The Morgan fingerprint density at radius 3 is 1.35 bits per heavy atom. The first-order chi connectivity index (χ1) is 29.0. The minimum absolute atomic E-state index is 0.00816. The molecule has 9 nitrogen and oxygen atoms in total. The van der Waals surface area contributed by atoms with E-state index in [-0.39, 0.29) is 26.1 Å². The fourth-order valence-electron chi connectivity index (χ4n) is 5.07. The van der Waals surface area contributed by atoms with Crippen LogP contribution in [0.15, 0.2) is 122 Å². The standard InChI is InChI=1S/C50H80NO8P/c1-6-8-10-12-14-16-18-20-22-24-25-27-29-31-33-35-37-39-41-43-50(53)59-48(47-58-60(54,55)57-45-44-51(3,4)5)46-56-49(52)42-40-38-36-34-32-30-28-26-23-21-19-17-15-13-11-9-7-2/h8-11,14-17,20-23,25,27-28,30-31,33-34,36,48H,6-7,12-13,18-19,24,26,29,32,35,37-47H2,1-5H3/p+1/b10-8+,11-9+,16-14+,17-15+,22-20+,23-21+,27-25+,30-28+,33-31+,36-34+/t48-/m1/s1. The van der Waals surface area contributed by atoms with Crippen molar-refractivity contribution in [2.45, 2.75) is 136 Å². The van der Waals surface area contributed by atoms with Crippen LogP contribution in [-0.4, -0.2) is 74.9 Å². The first-order valence-corrected chi connectivity index (χ1v) is 23.8. The second-order valence-electron chi connectivity index (χ2n) is 15.3. The maximum atomic E-state index is 12.7. The van der Waals surface area contributed by atoms with Gasteiger partial charge in [-0.05, 0) is 96.3 Å². The van der Waals surface area contributed by atoms with Crippen molar-refractivity contribution in [2.75, 3.05) is 47.5 Å². The SMILES string of the molecule is CC/C=C/C/C=C/C/C=C/C/C=C/C/C=C/CCCCCC(=O)O[C@H](COC(=O)CCC/C=C/C/C=C/C/C=C/C/C=C/C/C=C/CC)COP(=O)(O)OCC[N+](C)(C)C. The van der Waals surface area contributed by atoms with E-state index in [1.54, 1.807) is 0 Å². The zero-order valence-corrected chi connectivity index (χ0v) is 38.8. The first kappa shape index (κ1) is 56.4. The highest BCUT2D eigenvalue weighted by Gasteiger charge is 2.27. The minimum atomic E-state index is -4.41. The van der Waals surface area contributed by atoms with Crippen LogP contribution in [0.25, 0.3) is 0 Å². The largest absolute Gasteiger partial charge is 0.472 e. The zero-order chi connectivity index (χ0) is 44.3. The number of allylic oxidation sites excluding steroid dienone is 20. The summed E-state index contributed by atoms with van der Waals surface area (Å²) in [6, 6.07) is 0. The molecule has 2 atom stereocenters. The molecule has 0 saturated heterocycles. The van der Waals surface area contributed by atoms with Crippen LogP contribution in [0.2, 0.25) is 0 Å². The number of carbonyl (C=O) groups is 2. The van der Waals surface area contributed by atoms with Crippen molar-refractivity contribution in [3.05, 3.63) is 122 Å². The molecule has 1 N–H and O–H groups in total. The van der Waals surface area contributed by atoms with Gasteiger partial charge in [-0.15, -0.1) is 0 Å². The van der Waals surface area contributed by atoms with Crippen LogP contribution >= 0.6 is 7.82 Å². The molecule has 0 aliphatic rings. The number of nitrogens with zero attached hydrogens (tertiary/aromatic N) is 1. The Hall–Kier alpha value is -3.59. The van der Waals surface area contributed by atoms with Crippen LogP contribution in [0.1, 0.15) is 129 Å². The third-order valence-corrected chi connectivity index (χ3v) is 9.47. The molecule has 0 aliphatic carbocycles. The summed E-state index contributed by atoms with van der Waals surface area (Å²) in [6.45, 7) is 4.05. The van der Waals surface area contributed by atoms with Gasteiger partial charge in [0.2, 0.25) is 0 Å². The summed E-state index contributed by atoms with van der Waals surface area (Å²) in [6.07, 6.45) is 56.9. The van der Waals surface area contributed by atoms with Crippen LogP contribution in [0, 0.1) is 0 Å². The molecule has 0 aromatic carbocycles. The molecule has 338 valence electrons. The Balaban J connectivity index is 4.55. The lowest BCUT2D eigenvalue weighted by molar-refractivity contribution is -0.870. The molecule has 0 amide bonds. The van der Waals surface area contributed by atoms with E-state index in [2.05, 4.69) is 129 Å². The molecule has 0 saturated carbocycles. The van der Waals surface area contributed by atoms with Gasteiger partial charge in [0.05, 0.1) is 27.7 Å². The van der Waals surface area contributed by atoms with Gasteiger partial charge in [-0.2, -0.15) is 0 Å². The smallest absolute Gasteiger partial charge is 0.462 e. The van der Waals surface area contributed by atoms with Gasteiger partial charge >= 0.3 is 19.8 Å². The quantitative estimate of drug-likeness (QED) is 0.0215. The van der Waals surface area contributed by atoms with Crippen molar-refractivity contribution >= 4 is 19.8 Å². The van der Waals surface area contributed by atoms with E-state index in [0.29, 0.717) is 23.9 Å². The average molecular weight is 855 g/mol. The van der Waals surface area contributed by atoms with Crippen LogP contribution < -0.4 is 0 Å². The highest BCUT2D eigenvalue weighted by molar-refractivity contribution is 7.47. The molecule has 0 aromatic heterocycles. The molecule has 0 bridgehead atoms. The second kappa shape index (κ2) is 40.8. The number of ether oxygens (including phenoxy) is 2. The molecule has 1 unspecified atom stereocenters.